The highest BCUT2D eigenvalue weighted by molar-refractivity contribution is 9.10. The van der Waals surface area contributed by atoms with Crippen LogP contribution >= 0.6 is 27.5 Å². The fourth-order valence-corrected chi connectivity index (χ4v) is 4.99. The predicted molar refractivity (Wildman–Crippen MR) is 106 cm³/mol. The van der Waals surface area contributed by atoms with Crippen molar-refractivity contribution in [1.29, 1.82) is 0 Å². The number of aromatic nitrogens is 2. The number of nitrogens with zero attached hydrogens (tertiary/aromatic N) is 1. The number of fused-ring (bicyclic) bond motifs is 1. The maximum Gasteiger partial charge on any atom is 0.207 e. The molecule has 0 aliphatic rings. The summed E-state index contributed by atoms with van der Waals surface area (Å²) in [6, 6.07) is 15.4. The number of sulfone groups is 1. The molecular weight excluding hydrogens is 436 g/mol. The predicted octanol–water partition coefficient (Wildman–Crippen LogP) is 5.48. The molecule has 4 aromatic rings. The number of nitrogens with one attached hydrogen (secondary N) is 1. The minimum absolute atomic E-state index is 0.237. The lowest BCUT2D eigenvalue weighted by molar-refractivity contribution is 0.597. The molecule has 4 rings (SSSR count). The summed E-state index contributed by atoms with van der Waals surface area (Å²) in [5.74, 6) is 0. The molecule has 0 bridgehead atoms. The normalized spacial score (nSPS) is 11.8. The van der Waals surface area contributed by atoms with Crippen LogP contribution in [0.4, 0.5) is 0 Å². The molecule has 2 heterocycles. The highest BCUT2D eigenvalue weighted by Crippen LogP contribution is 2.38. The van der Waals surface area contributed by atoms with Crippen molar-refractivity contribution in [3.63, 3.8) is 0 Å². The van der Waals surface area contributed by atoms with Gasteiger partial charge in [0.1, 0.15) is 4.60 Å². The third-order valence-electron chi connectivity index (χ3n) is 4.12. The third-order valence-corrected chi connectivity index (χ3v) is 6.67. The zero-order valence-electron chi connectivity index (χ0n) is 13.3. The minimum Gasteiger partial charge on any atom is -0.361 e. The van der Waals surface area contributed by atoms with Gasteiger partial charge in [0.05, 0.1) is 14.8 Å². The van der Waals surface area contributed by atoms with Gasteiger partial charge in [-0.15, -0.1) is 0 Å². The molecule has 0 saturated carbocycles. The number of benzene rings is 2. The second-order valence-corrected chi connectivity index (χ2v) is 8.82. The summed E-state index contributed by atoms with van der Waals surface area (Å²) in [6.45, 7) is 0. The summed E-state index contributed by atoms with van der Waals surface area (Å²) in [7, 11) is -3.68. The van der Waals surface area contributed by atoms with Crippen LogP contribution in [0.15, 0.2) is 81.4 Å². The van der Waals surface area contributed by atoms with Crippen molar-refractivity contribution < 1.29 is 8.42 Å². The maximum atomic E-state index is 13.2. The average Bonchev–Trinajstić information content (AvgIpc) is 3.08. The molecule has 0 aliphatic heterocycles. The Morgan fingerprint density at radius 2 is 1.77 bits per heavy atom. The lowest BCUT2D eigenvalue weighted by Gasteiger charge is -2.09. The van der Waals surface area contributed by atoms with E-state index in [2.05, 4.69) is 25.9 Å². The number of H-pyrrole nitrogens is 1. The molecule has 2 aromatic carbocycles. The Bertz CT molecular complexity index is 1220. The van der Waals surface area contributed by atoms with Gasteiger partial charge in [-0.25, -0.2) is 13.4 Å². The Kier molecular flexibility index (Phi) is 4.34. The molecule has 0 radical (unpaired) electrons. The van der Waals surface area contributed by atoms with E-state index < -0.39 is 9.84 Å². The van der Waals surface area contributed by atoms with Gasteiger partial charge in [0.25, 0.3) is 0 Å². The number of pyridine rings is 1. The summed E-state index contributed by atoms with van der Waals surface area (Å²) in [5, 5.41) is 1.05. The molecule has 2 aromatic heterocycles. The number of hydrogen-bond donors (Lipinski definition) is 1. The molecule has 26 heavy (non-hydrogen) atoms. The minimum atomic E-state index is -3.68. The van der Waals surface area contributed by atoms with Crippen molar-refractivity contribution in [2.45, 2.75) is 9.79 Å². The summed E-state index contributed by atoms with van der Waals surface area (Å²) in [6.07, 6.45) is 3.30. The zero-order chi connectivity index (χ0) is 18.3. The largest absolute Gasteiger partial charge is 0.361 e. The van der Waals surface area contributed by atoms with Crippen molar-refractivity contribution in [2.24, 2.45) is 0 Å². The lowest BCUT2D eigenvalue weighted by Crippen LogP contribution is -2.02. The van der Waals surface area contributed by atoms with E-state index in [-0.39, 0.29) is 9.79 Å². The van der Waals surface area contributed by atoms with Crippen LogP contribution in [0.3, 0.4) is 0 Å². The van der Waals surface area contributed by atoms with E-state index in [4.69, 9.17) is 11.6 Å². The van der Waals surface area contributed by atoms with E-state index in [1.54, 1.807) is 54.7 Å². The number of rotatable bonds is 3. The first-order valence-electron chi connectivity index (χ1n) is 7.70. The highest BCUT2D eigenvalue weighted by atomic mass is 79.9. The van der Waals surface area contributed by atoms with Gasteiger partial charge in [-0.05, 0) is 46.3 Å². The van der Waals surface area contributed by atoms with Gasteiger partial charge >= 0.3 is 0 Å². The van der Waals surface area contributed by atoms with Gasteiger partial charge < -0.3 is 4.98 Å². The third kappa shape index (κ3) is 2.84. The molecular formula is C19H12BrClN2O2S. The SMILES string of the molecule is O=S(=O)(c1ccccc1)c1cccc2[nH]cc(-c3cc(Br)ncc3Cl)c12. The average molecular weight is 448 g/mol. The Morgan fingerprint density at radius 1 is 1.00 bits per heavy atom. The Labute approximate surface area is 163 Å². The second kappa shape index (κ2) is 6.54. The summed E-state index contributed by atoms with van der Waals surface area (Å²) in [4.78, 5) is 7.73. The van der Waals surface area contributed by atoms with Crippen molar-refractivity contribution in [1.82, 2.24) is 9.97 Å². The number of hydrogen-bond acceptors (Lipinski definition) is 3. The van der Waals surface area contributed by atoms with Crippen LogP contribution in [-0.2, 0) is 9.84 Å². The molecule has 0 aliphatic carbocycles. The van der Waals surface area contributed by atoms with Crippen molar-refractivity contribution >= 4 is 48.3 Å². The van der Waals surface area contributed by atoms with Gasteiger partial charge in [0.2, 0.25) is 9.84 Å². The molecule has 0 fully saturated rings. The smallest absolute Gasteiger partial charge is 0.207 e. The molecule has 0 amide bonds. The molecule has 7 heteroatoms. The number of halogens is 2. The fourth-order valence-electron chi connectivity index (χ4n) is 2.93. The van der Waals surface area contributed by atoms with E-state index in [0.29, 0.717) is 26.1 Å². The van der Waals surface area contributed by atoms with Gasteiger partial charge in [0, 0.05) is 34.4 Å². The first-order chi connectivity index (χ1) is 12.5. The molecule has 130 valence electrons. The van der Waals surface area contributed by atoms with Gasteiger partial charge in [0.15, 0.2) is 0 Å². The van der Waals surface area contributed by atoms with Crippen LogP contribution in [0.5, 0.6) is 0 Å². The molecule has 0 atom stereocenters. The molecule has 4 nitrogen and oxygen atoms in total. The number of aromatic amines is 1. The van der Waals surface area contributed by atoms with Gasteiger partial charge in [-0.3, -0.25) is 0 Å². The Morgan fingerprint density at radius 3 is 2.54 bits per heavy atom. The topological polar surface area (TPSA) is 62.8 Å². The molecule has 0 saturated heterocycles. The molecule has 0 unspecified atom stereocenters. The maximum absolute atomic E-state index is 13.2. The van der Waals surface area contributed by atoms with Crippen LogP contribution in [0.2, 0.25) is 5.02 Å². The zero-order valence-corrected chi connectivity index (χ0v) is 16.4. The van der Waals surface area contributed by atoms with Crippen LogP contribution in [0.1, 0.15) is 0 Å². The summed E-state index contributed by atoms with van der Waals surface area (Å²) >= 11 is 9.67. The molecule has 0 spiro atoms. The monoisotopic (exact) mass is 446 g/mol. The quantitative estimate of drug-likeness (QED) is 0.423. The first-order valence-corrected chi connectivity index (χ1v) is 10.4. The van der Waals surface area contributed by atoms with Gasteiger partial charge in [-0.2, -0.15) is 0 Å². The highest BCUT2D eigenvalue weighted by Gasteiger charge is 2.23. The standard InChI is InChI=1S/C19H12BrClN2O2S/c20-18-9-13(15(21)11-23-18)14-10-22-16-7-4-8-17(19(14)16)26(24,25)12-5-2-1-3-6-12/h1-11,22H. The van der Waals surface area contributed by atoms with Crippen molar-refractivity contribution in [3.8, 4) is 11.1 Å². The van der Waals surface area contributed by atoms with E-state index in [1.165, 1.54) is 6.20 Å². The van der Waals surface area contributed by atoms with Crippen molar-refractivity contribution in [3.05, 3.63) is 76.6 Å². The summed E-state index contributed by atoms with van der Waals surface area (Å²) in [5.41, 5.74) is 2.14. The summed E-state index contributed by atoms with van der Waals surface area (Å²) < 4.78 is 27.0. The van der Waals surface area contributed by atoms with Crippen LogP contribution < -0.4 is 0 Å². The fraction of sp³-hybridized carbons (Fsp3) is 0. The Hall–Kier alpha value is -2.15. The van der Waals surface area contributed by atoms with Crippen LogP contribution in [0.25, 0.3) is 22.0 Å². The van der Waals surface area contributed by atoms with E-state index in [9.17, 15) is 8.42 Å². The first kappa shape index (κ1) is 17.3. The van der Waals surface area contributed by atoms with Crippen LogP contribution in [0, 0.1) is 0 Å². The van der Waals surface area contributed by atoms with Crippen molar-refractivity contribution in [2.75, 3.05) is 0 Å². The Balaban J connectivity index is 2.04. The van der Waals surface area contributed by atoms with E-state index >= 15 is 0 Å². The second-order valence-electron chi connectivity index (χ2n) is 5.68. The van der Waals surface area contributed by atoms with Gasteiger partial charge in [-0.1, -0.05) is 35.9 Å². The lowest BCUT2D eigenvalue weighted by atomic mass is 10.1. The van der Waals surface area contributed by atoms with E-state index in [1.807, 2.05) is 6.07 Å². The van der Waals surface area contributed by atoms with E-state index in [0.717, 1.165) is 5.52 Å². The molecule has 1 N–H and O–H groups in total. The van der Waals surface area contributed by atoms with Crippen LogP contribution in [-0.4, -0.2) is 18.4 Å².